The molecule has 1 heteroatoms. The molecule has 0 N–H and O–H groups in total. The number of rotatable bonds is 2. The Morgan fingerprint density at radius 3 is 2.50 bits per heavy atom. The van der Waals surface area contributed by atoms with Crippen molar-refractivity contribution in [1.29, 1.82) is 0 Å². The van der Waals surface area contributed by atoms with Crippen LogP contribution in [0.15, 0.2) is 77.7 Å². The van der Waals surface area contributed by atoms with Crippen LogP contribution in [0.5, 0.6) is 0 Å². The van der Waals surface area contributed by atoms with Gasteiger partial charge in [-0.2, -0.15) is 0 Å². The number of thioether (sulfide) groups is 1. The second-order valence-corrected chi connectivity index (χ2v) is 6.16. The fourth-order valence-electron chi connectivity index (χ4n) is 2.71. The lowest BCUT2D eigenvalue weighted by Gasteiger charge is -2.06. The van der Waals surface area contributed by atoms with Gasteiger partial charge in [-0.25, -0.2) is 0 Å². The molecule has 96 valence electrons. The Labute approximate surface area is 123 Å². The molecule has 0 saturated carbocycles. The number of benzene rings is 3. The molecule has 3 aromatic carbocycles. The van der Waals surface area contributed by atoms with Crippen molar-refractivity contribution in [1.82, 2.24) is 0 Å². The second-order valence-electron chi connectivity index (χ2n) is 5.04. The third kappa shape index (κ3) is 2.04. The molecular weight excluding hydrogens is 260 g/mol. The minimum atomic E-state index is 1.06. The molecule has 0 amide bonds. The molecule has 1 aliphatic carbocycles. The van der Waals surface area contributed by atoms with E-state index in [1.54, 1.807) is 0 Å². The van der Waals surface area contributed by atoms with Crippen LogP contribution < -0.4 is 0 Å². The highest BCUT2D eigenvalue weighted by Crippen LogP contribution is 2.40. The molecule has 0 aliphatic heterocycles. The molecule has 0 saturated heterocycles. The summed E-state index contributed by atoms with van der Waals surface area (Å²) in [6.45, 7) is 0. The Kier molecular flexibility index (Phi) is 2.86. The van der Waals surface area contributed by atoms with Crippen molar-refractivity contribution in [3.05, 3.63) is 83.9 Å². The van der Waals surface area contributed by atoms with Crippen LogP contribution in [0.25, 0.3) is 15.7 Å². The molecule has 1 aliphatic rings. The summed E-state index contributed by atoms with van der Waals surface area (Å²) in [7, 11) is 0. The van der Waals surface area contributed by atoms with Gasteiger partial charge in [-0.15, -0.1) is 0 Å². The van der Waals surface area contributed by atoms with Gasteiger partial charge in [0.05, 0.1) is 0 Å². The van der Waals surface area contributed by atoms with Crippen molar-refractivity contribution in [2.75, 3.05) is 0 Å². The van der Waals surface area contributed by atoms with E-state index in [9.17, 15) is 0 Å². The highest BCUT2D eigenvalue weighted by Gasteiger charge is 2.14. The smallest absolute Gasteiger partial charge is 0.0161 e. The summed E-state index contributed by atoms with van der Waals surface area (Å²) >= 11 is 1.87. The molecule has 0 aromatic heterocycles. The van der Waals surface area contributed by atoms with Crippen molar-refractivity contribution >= 4 is 27.4 Å². The van der Waals surface area contributed by atoms with Gasteiger partial charge in [0.2, 0.25) is 0 Å². The fourth-order valence-corrected chi connectivity index (χ4v) is 3.76. The third-order valence-electron chi connectivity index (χ3n) is 3.74. The van der Waals surface area contributed by atoms with E-state index < -0.39 is 0 Å². The Balaban J connectivity index is 1.69. The average Bonchev–Trinajstić information content (AvgIpc) is 2.91. The number of hydrogen-bond donors (Lipinski definition) is 0. The topological polar surface area (TPSA) is 0 Å². The number of hydrogen-bond acceptors (Lipinski definition) is 1. The van der Waals surface area contributed by atoms with Crippen molar-refractivity contribution in [2.45, 2.75) is 11.3 Å². The lowest BCUT2D eigenvalue weighted by atomic mass is 10.1. The summed E-state index contributed by atoms with van der Waals surface area (Å²) in [5, 5.41) is 2.61. The van der Waals surface area contributed by atoms with E-state index in [0.717, 1.165) is 6.42 Å². The molecule has 0 fully saturated rings. The van der Waals surface area contributed by atoms with Crippen LogP contribution in [0.1, 0.15) is 11.1 Å². The highest BCUT2D eigenvalue weighted by atomic mass is 32.2. The molecule has 0 spiro atoms. The van der Waals surface area contributed by atoms with Gasteiger partial charge in [0.25, 0.3) is 0 Å². The Morgan fingerprint density at radius 1 is 0.750 bits per heavy atom. The summed E-state index contributed by atoms with van der Waals surface area (Å²) in [6, 6.07) is 23.9. The van der Waals surface area contributed by atoms with Crippen LogP contribution >= 0.6 is 11.8 Å². The zero-order valence-electron chi connectivity index (χ0n) is 11.0. The zero-order chi connectivity index (χ0) is 13.4. The summed E-state index contributed by atoms with van der Waals surface area (Å²) in [5.41, 5.74) is 2.83. The van der Waals surface area contributed by atoms with E-state index in [-0.39, 0.29) is 0 Å². The molecule has 20 heavy (non-hydrogen) atoms. The lowest BCUT2D eigenvalue weighted by Crippen LogP contribution is -1.81. The summed E-state index contributed by atoms with van der Waals surface area (Å²) in [4.78, 5) is 2.70. The highest BCUT2D eigenvalue weighted by molar-refractivity contribution is 8.08. The molecule has 0 bridgehead atoms. The zero-order valence-corrected chi connectivity index (χ0v) is 11.9. The predicted molar refractivity (Wildman–Crippen MR) is 87.9 cm³/mol. The van der Waals surface area contributed by atoms with Crippen LogP contribution in [0.4, 0.5) is 0 Å². The van der Waals surface area contributed by atoms with Gasteiger partial charge in [0.1, 0.15) is 0 Å². The first-order chi connectivity index (χ1) is 9.90. The largest absolute Gasteiger partial charge is 0.0898 e. The standard InChI is InChI=1S/C19H14S/c1-2-7-16-13-17(11-9-14(16)5-1)20-19-12-10-15-6-3-4-8-18(15)19/h1-9,11-13H,10H2. The molecule has 0 unspecified atom stereocenters. The summed E-state index contributed by atoms with van der Waals surface area (Å²) in [5.74, 6) is 0. The number of allylic oxidation sites excluding steroid dienone is 1. The van der Waals surface area contributed by atoms with Crippen LogP contribution in [-0.4, -0.2) is 0 Å². The van der Waals surface area contributed by atoms with Crippen molar-refractivity contribution < 1.29 is 0 Å². The second kappa shape index (κ2) is 4.84. The minimum Gasteiger partial charge on any atom is -0.0898 e. The first-order valence-electron chi connectivity index (χ1n) is 6.85. The molecule has 0 nitrogen and oxygen atoms in total. The maximum atomic E-state index is 2.34. The maximum Gasteiger partial charge on any atom is 0.0161 e. The van der Waals surface area contributed by atoms with Crippen molar-refractivity contribution in [2.24, 2.45) is 0 Å². The molecule has 0 radical (unpaired) electrons. The monoisotopic (exact) mass is 274 g/mol. The minimum absolute atomic E-state index is 1.06. The van der Waals surface area contributed by atoms with Crippen LogP contribution in [0, 0.1) is 0 Å². The predicted octanol–water partition coefficient (Wildman–Crippen LogP) is 5.53. The van der Waals surface area contributed by atoms with E-state index >= 15 is 0 Å². The first-order valence-corrected chi connectivity index (χ1v) is 7.67. The first kappa shape index (κ1) is 11.8. The van der Waals surface area contributed by atoms with Crippen LogP contribution in [0.3, 0.4) is 0 Å². The quantitative estimate of drug-likeness (QED) is 0.592. The maximum absolute atomic E-state index is 2.34. The lowest BCUT2D eigenvalue weighted by molar-refractivity contribution is 1.31. The fraction of sp³-hybridized carbons (Fsp3) is 0.0526. The van der Waals surface area contributed by atoms with Crippen molar-refractivity contribution in [3.8, 4) is 0 Å². The molecule has 4 rings (SSSR count). The molecule has 0 heterocycles. The SMILES string of the molecule is C1=C(Sc2ccc3ccccc3c2)c2ccccc2C1. The van der Waals surface area contributed by atoms with Crippen LogP contribution in [0.2, 0.25) is 0 Å². The Hall–Kier alpha value is -1.99. The number of fused-ring (bicyclic) bond motifs is 2. The molecule has 0 atom stereocenters. The molecular formula is C19H14S. The summed E-state index contributed by atoms with van der Waals surface area (Å²) in [6.07, 6.45) is 3.40. The Morgan fingerprint density at radius 2 is 1.55 bits per heavy atom. The molecule has 3 aromatic rings. The average molecular weight is 274 g/mol. The third-order valence-corrected chi connectivity index (χ3v) is 4.84. The van der Waals surface area contributed by atoms with Gasteiger partial charge in [-0.05, 0) is 40.5 Å². The van der Waals surface area contributed by atoms with Gasteiger partial charge in [0, 0.05) is 9.80 Å². The van der Waals surface area contributed by atoms with E-state index in [1.807, 2.05) is 11.8 Å². The van der Waals surface area contributed by atoms with Gasteiger partial charge < -0.3 is 0 Å². The van der Waals surface area contributed by atoms with E-state index in [1.165, 1.54) is 31.7 Å². The van der Waals surface area contributed by atoms with Gasteiger partial charge in [-0.1, -0.05) is 72.4 Å². The van der Waals surface area contributed by atoms with E-state index in [2.05, 4.69) is 72.8 Å². The van der Waals surface area contributed by atoms with Gasteiger partial charge in [0.15, 0.2) is 0 Å². The summed E-state index contributed by atoms with van der Waals surface area (Å²) < 4.78 is 0. The van der Waals surface area contributed by atoms with Crippen LogP contribution in [-0.2, 0) is 6.42 Å². The normalized spacial score (nSPS) is 13.3. The van der Waals surface area contributed by atoms with Gasteiger partial charge in [-0.3, -0.25) is 0 Å². The van der Waals surface area contributed by atoms with Gasteiger partial charge >= 0.3 is 0 Å². The van der Waals surface area contributed by atoms with E-state index in [4.69, 9.17) is 0 Å². The van der Waals surface area contributed by atoms with E-state index in [0.29, 0.717) is 0 Å². The Bertz CT molecular complexity index is 815. The van der Waals surface area contributed by atoms with Crippen molar-refractivity contribution in [3.63, 3.8) is 0 Å².